The van der Waals surface area contributed by atoms with Gasteiger partial charge in [-0.15, -0.1) is 0 Å². The lowest BCUT2D eigenvalue weighted by molar-refractivity contribution is 0.415. The number of hydrogen-bond donors (Lipinski definition) is 1. The fourth-order valence-electron chi connectivity index (χ4n) is 3.11. The molecule has 0 aromatic heterocycles. The SMILES string of the molecule is CCCC(C)CC(N)Cc1cccc2ccc(OC)cc12. The number of fused-ring (bicyclic) bond motifs is 1. The molecule has 0 amide bonds. The van der Waals surface area contributed by atoms with Gasteiger partial charge in [0.1, 0.15) is 5.75 Å². The highest BCUT2D eigenvalue weighted by Gasteiger charge is 2.11. The highest BCUT2D eigenvalue weighted by atomic mass is 16.5. The van der Waals surface area contributed by atoms with Crippen LogP contribution in [0.15, 0.2) is 36.4 Å². The minimum atomic E-state index is 0.225. The average molecular weight is 285 g/mol. The Hall–Kier alpha value is -1.54. The summed E-state index contributed by atoms with van der Waals surface area (Å²) in [6.07, 6.45) is 4.52. The molecule has 2 heteroatoms. The summed E-state index contributed by atoms with van der Waals surface area (Å²) in [6.45, 7) is 4.54. The van der Waals surface area contributed by atoms with Gasteiger partial charge in [-0.1, -0.05) is 51.0 Å². The zero-order valence-electron chi connectivity index (χ0n) is 13.4. The molecule has 0 aliphatic heterocycles. The van der Waals surface area contributed by atoms with Crippen molar-refractivity contribution in [2.45, 2.75) is 45.6 Å². The molecule has 0 aliphatic carbocycles. The summed E-state index contributed by atoms with van der Waals surface area (Å²) in [7, 11) is 1.71. The third-order valence-electron chi connectivity index (χ3n) is 4.15. The molecule has 0 radical (unpaired) electrons. The van der Waals surface area contributed by atoms with Crippen molar-refractivity contribution in [1.82, 2.24) is 0 Å². The number of hydrogen-bond acceptors (Lipinski definition) is 2. The van der Waals surface area contributed by atoms with Gasteiger partial charge in [-0.3, -0.25) is 0 Å². The second kappa shape index (κ2) is 7.46. The molecule has 0 fully saturated rings. The monoisotopic (exact) mass is 285 g/mol. The Kier molecular flexibility index (Phi) is 5.63. The van der Waals surface area contributed by atoms with Crippen molar-refractivity contribution in [2.24, 2.45) is 11.7 Å². The van der Waals surface area contributed by atoms with Crippen LogP contribution in [0.5, 0.6) is 5.75 Å². The van der Waals surface area contributed by atoms with E-state index < -0.39 is 0 Å². The molecular formula is C19H27NO. The van der Waals surface area contributed by atoms with Crippen molar-refractivity contribution in [3.63, 3.8) is 0 Å². The first-order valence-corrected chi connectivity index (χ1v) is 7.95. The van der Waals surface area contributed by atoms with Gasteiger partial charge in [0.15, 0.2) is 0 Å². The van der Waals surface area contributed by atoms with Gasteiger partial charge in [-0.25, -0.2) is 0 Å². The van der Waals surface area contributed by atoms with Crippen molar-refractivity contribution in [1.29, 1.82) is 0 Å². The highest BCUT2D eigenvalue weighted by Crippen LogP contribution is 2.25. The van der Waals surface area contributed by atoms with Crippen LogP contribution in [-0.2, 0) is 6.42 Å². The Balaban J connectivity index is 2.17. The maximum atomic E-state index is 6.37. The molecule has 0 heterocycles. The largest absolute Gasteiger partial charge is 0.497 e. The number of rotatable bonds is 7. The summed E-state index contributed by atoms with van der Waals surface area (Å²) < 4.78 is 5.35. The maximum absolute atomic E-state index is 6.37. The summed E-state index contributed by atoms with van der Waals surface area (Å²) in [5.41, 5.74) is 7.69. The summed E-state index contributed by atoms with van der Waals surface area (Å²) in [6, 6.07) is 12.9. The van der Waals surface area contributed by atoms with Gasteiger partial charge < -0.3 is 10.5 Å². The van der Waals surface area contributed by atoms with E-state index >= 15 is 0 Å². The quantitative estimate of drug-likeness (QED) is 0.810. The lowest BCUT2D eigenvalue weighted by Crippen LogP contribution is -2.25. The zero-order valence-corrected chi connectivity index (χ0v) is 13.4. The molecule has 0 aliphatic rings. The molecular weight excluding hydrogens is 258 g/mol. The van der Waals surface area contributed by atoms with Crippen LogP contribution in [-0.4, -0.2) is 13.2 Å². The van der Waals surface area contributed by atoms with Gasteiger partial charge >= 0.3 is 0 Å². The van der Waals surface area contributed by atoms with Gasteiger partial charge in [-0.05, 0) is 47.2 Å². The molecule has 2 unspecified atom stereocenters. The van der Waals surface area contributed by atoms with E-state index in [9.17, 15) is 0 Å². The van der Waals surface area contributed by atoms with Crippen LogP contribution in [0, 0.1) is 5.92 Å². The Morgan fingerprint density at radius 3 is 2.71 bits per heavy atom. The van der Waals surface area contributed by atoms with Gasteiger partial charge in [0.2, 0.25) is 0 Å². The Bertz CT molecular complexity index is 579. The maximum Gasteiger partial charge on any atom is 0.119 e. The first-order chi connectivity index (χ1) is 10.1. The fourth-order valence-corrected chi connectivity index (χ4v) is 3.11. The highest BCUT2D eigenvalue weighted by molar-refractivity contribution is 5.87. The molecule has 114 valence electrons. The fraction of sp³-hybridized carbons (Fsp3) is 0.474. The molecule has 2 rings (SSSR count). The van der Waals surface area contributed by atoms with Crippen LogP contribution < -0.4 is 10.5 Å². The second-order valence-corrected chi connectivity index (χ2v) is 6.10. The molecule has 2 nitrogen and oxygen atoms in total. The van der Waals surface area contributed by atoms with Crippen LogP contribution in [0.2, 0.25) is 0 Å². The predicted molar refractivity (Wildman–Crippen MR) is 90.9 cm³/mol. The molecule has 2 N–H and O–H groups in total. The second-order valence-electron chi connectivity index (χ2n) is 6.10. The number of benzene rings is 2. The Morgan fingerprint density at radius 2 is 2.00 bits per heavy atom. The van der Waals surface area contributed by atoms with Crippen LogP contribution in [0.1, 0.15) is 38.7 Å². The number of nitrogens with two attached hydrogens (primary N) is 1. The third kappa shape index (κ3) is 4.21. The smallest absolute Gasteiger partial charge is 0.119 e. The van der Waals surface area contributed by atoms with Crippen molar-refractivity contribution in [2.75, 3.05) is 7.11 Å². The first kappa shape index (κ1) is 15.8. The molecule has 0 bridgehead atoms. The van der Waals surface area contributed by atoms with Gasteiger partial charge in [0, 0.05) is 6.04 Å². The van der Waals surface area contributed by atoms with E-state index in [1.807, 2.05) is 6.07 Å². The molecule has 0 saturated carbocycles. The van der Waals surface area contributed by atoms with Crippen molar-refractivity contribution < 1.29 is 4.74 Å². The summed E-state index contributed by atoms with van der Waals surface area (Å²) >= 11 is 0. The first-order valence-electron chi connectivity index (χ1n) is 7.95. The molecule has 0 spiro atoms. The van der Waals surface area contributed by atoms with Crippen molar-refractivity contribution in [3.05, 3.63) is 42.0 Å². The predicted octanol–water partition coefficient (Wildman–Crippen LogP) is 4.54. The minimum Gasteiger partial charge on any atom is -0.497 e. The van der Waals surface area contributed by atoms with E-state index in [4.69, 9.17) is 10.5 Å². The molecule has 2 aromatic carbocycles. The third-order valence-corrected chi connectivity index (χ3v) is 4.15. The summed E-state index contributed by atoms with van der Waals surface area (Å²) in [4.78, 5) is 0. The van der Waals surface area contributed by atoms with E-state index in [2.05, 4.69) is 44.2 Å². The Labute approximate surface area is 128 Å². The van der Waals surface area contributed by atoms with Crippen LogP contribution in [0.4, 0.5) is 0 Å². The van der Waals surface area contributed by atoms with E-state index in [0.29, 0.717) is 5.92 Å². The van der Waals surface area contributed by atoms with E-state index in [1.54, 1.807) is 7.11 Å². The van der Waals surface area contributed by atoms with Crippen molar-refractivity contribution >= 4 is 10.8 Å². The lowest BCUT2D eigenvalue weighted by atomic mass is 9.92. The van der Waals surface area contributed by atoms with Crippen LogP contribution in [0.25, 0.3) is 10.8 Å². The summed E-state index contributed by atoms with van der Waals surface area (Å²) in [5.74, 6) is 1.61. The Morgan fingerprint density at radius 1 is 1.19 bits per heavy atom. The number of ether oxygens (including phenoxy) is 1. The van der Waals surface area contributed by atoms with Gasteiger partial charge in [0.25, 0.3) is 0 Å². The minimum absolute atomic E-state index is 0.225. The topological polar surface area (TPSA) is 35.2 Å². The average Bonchev–Trinajstić information content (AvgIpc) is 2.47. The lowest BCUT2D eigenvalue weighted by Gasteiger charge is -2.18. The standard InChI is InChI=1S/C19H27NO/c1-4-6-14(2)11-17(20)12-16-8-5-7-15-9-10-18(21-3)13-19(15)16/h5,7-10,13-14,17H,4,6,11-12,20H2,1-3H3. The van der Waals surface area contributed by atoms with E-state index in [0.717, 1.165) is 18.6 Å². The molecule has 21 heavy (non-hydrogen) atoms. The zero-order chi connectivity index (χ0) is 15.2. The molecule has 2 atom stereocenters. The molecule has 0 saturated heterocycles. The normalized spacial score (nSPS) is 14.1. The van der Waals surface area contributed by atoms with Gasteiger partial charge in [0.05, 0.1) is 7.11 Å². The number of methoxy groups -OCH3 is 1. The molecule has 2 aromatic rings. The van der Waals surface area contributed by atoms with Crippen molar-refractivity contribution in [3.8, 4) is 5.75 Å². The van der Waals surface area contributed by atoms with Crippen LogP contribution in [0.3, 0.4) is 0 Å². The van der Waals surface area contributed by atoms with Crippen LogP contribution >= 0.6 is 0 Å². The van der Waals surface area contributed by atoms with E-state index in [-0.39, 0.29) is 6.04 Å². The van der Waals surface area contributed by atoms with E-state index in [1.165, 1.54) is 29.2 Å². The summed E-state index contributed by atoms with van der Waals surface area (Å²) in [5, 5.41) is 2.51. The van der Waals surface area contributed by atoms with Gasteiger partial charge in [-0.2, -0.15) is 0 Å².